The second-order valence-corrected chi connectivity index (χ2v) is 4.44. The number of hydrogen-bond acceptors (Lipinski definition) is 2. The highest BCUT2D eigenvalue weighted by Crippen LogP contribution is 2.35. The molecule has 89 valence electrons. The van der Waals surface area contributed by atoms with Crippen molar-refractivity contribution in [2.45, 2.75) is 0 Å². The molecule has 4 rings (SSSR count). The molecular formula is C17H10NO. The first-order valence-electron chi connectivity index (χ1n) is 6.15. The molecule has 2 aromatic carbocycles. The molecule has 2 nitrogen and oxygen atoms in total. The number of hydrogen-bond donors (Lipinski definition) is 0. The van der Waals surface area contributed by atoms with E-state index in [1.54, 1.807) is 6.20 Å². The number of pyridine rings is 1. The fourth-order valence-corrected chi connectivity index (χ4v) is 2.48. The van der Waals surface area contributed by atoms with Gasteiger partial charge in [0.25, 0.3) is 0 Å². The van der Waals surface area contributed by atoms with Crippen LogP contribution in [0.2, 0.25) is 0 Å². The quantitative estimate of drug-likeness (QED) is 0.494. The van der Waals surface area contributed by atoms with E-state index in [1.165, 1.54) is 0 Å². The maximum Gasteiger partial charge on any atom is 0.136 e. The monoisotopic (exact) mass is 244 g/mol. The first-order valence-corrected chi connectivity index (χ1v) is 6.15. The van der Waals surface area contributed by atoms with E-state index in [-0.39, 0.29) is 0 Å². The van der Waals surface area contributed by atoms with Gasteiger partial charge >= 0.3 is 0 Å². The van der Waals surface area contributed by atoms with E-state index in [0.29, 0.717) is 0 Å². The van der Waals surface area contributed by atoms with Gasteiger partial charge in [0.15, 0.2) is 0 Å². The fraction of sp³-hybridized carbons (Fsp3) is 0. The van der Waals surface area contributed by atoms with Gasteiger partial charge in [-0.25, -0.2) is 0 Å². The minimum atomic E-state index is 0.869. The predicted octanol–water partition coefficient (Wildman–Crippen LogP) is 4.45. The van der Waals surface area contributed by atoms with Crippen LogP contribution in [0, 0.1) is 6.07 Å². The first-order chi connectivity index (χ1) is 9.43. The molecule has 4 aromatic rings. The molecule has 0 bridgehead atoms. The average molecular weight is 244 g/mol. The van der Waals surface area contributed by atoms with Crippen molar-refractivity contribution in [3.05, 3.63) is 67.0 Å². The lowest BCUT2D eigenvalue weighted by molar-refractivity contribution is 0.669. The third-order valence-electron chi connectivity index (χ3n) is 3.31. The number of furan rings is 1. The number of rotatable bonds is 1. The van der Waals surface area contributed by atoms with Gasteiger partial charge in [0, 0.05) is 28.7 Å². The van der Waals surface area contributed by atoms with E-state index in [2.05, 4.69) is 23.2 Å². The molecule has 0 aliphatic rings. The van der Waals surface area contributed by atoms with Crippen molar-refractivity contribution in [3.63, 3.8) is 0 Å². The Labute approximate surface area is 110 Å². The standard InChI is InChI=1S/C17H10NO/c1-2-8-15-14(6-1)17-13(7-3-9-16(17)19-15)12-5-4-10-18-11-12/h1,3-11H. The van der Waals surface area contributed by atoms with Gasteiger partial charge in [-0.2, -0.15) is 0 Å². The Balaban J connectivity index is 2.17. The van der Waals surface area contributed by atoms with Crippen LogP contribution in [0.5, 0.6) is 0 Å². The molecular weight excluding hydrogens is 234 g/mol. The minimum Gasteiger partial charge on any atom is -0.456 e. The Morgan fingerprint density at radius 2 is 2.00 bits per heavy atom. The molecule has 0 fully saturated rings. The second-order valence-electron chi connectivity index (χ2n) is 4.44. The maximum absolute atomic E-state index is 5.86. The van der Waals surface area contributed by atoms with Crippen LogP contribution in [0.25, 0.3) is 33.1 Å². The molecule has 1 radical (unpaired) electrons. The van der Waals surface area contributed by atoms with Crippen molar-refractivity contribution in [2.24, 2.45) is 0 Å². The van der Waals surface area contributed by atoms with Gasteiger partial charge in [0.2, 0.25) is 0 Å². The summed E-state index contributed by atoms with van der Waals surface area (Å²) in [5.74, 6) is 0. The predicted molar refractivity (Wildman–Crippen MR) is 75.8 cm³/mol. The van der Waals surface area contributed by atoms with Gasteiger partial charge in [-0.1, -0.05) is 24.3 Å². The van der Waals surface area contributed by atoms with Crippen LogP contribution in [0.15, 0.2) is 65.3 Å². The Kier molecular flexibility index (Phi) is 2.15. The summed E-state index contributed by atoms with van der Waals surface area (Å²) in [6, 6.07) is 19.0. The lowest BCUT2D eigenvalue weighted by atomic mass is 10.0. The molecule has 0 atom stereocenters. The van der Waals surface area contributed by atoms with Gasteiger partial charge in [-0.3, -0.25) is 4.98 Å². The summed E-state index contributed by atoms with van der Waals surface area (Å²) in [6.07, 6.45) is 3.66. The zero-order chi connectivity index (χ0) is 12.7. The van der Waals surface area contributed by atoms with Crippen molar-refractivity contribution in [1.82, 2.24) is 4.98 Å². The summed E-state index contributed by atoms with van der Waals surface area (Å²) < 4.78 is 5.86. The van der Waals surface area contributed by atoms with E-state index in [4.69, 9.17) is 4.42 Å². The Bertz CT molecular complexity index is 862. The largest absolute Gasteiger partial charge is 0.456 e. The van der Waals surface area contributed by atoms with Gasteiger partial charge in [0.1, 0.15) is 11.2 Å². The van der Waals surface area contributed by atoms with Crippen LogP contribution in [0.1, 0.15) is 0 Å². The minimum absolute atomic E-state index is 0.869. The summed E-state index contributed by atoms with van der Waals surface area (Å²) in [6.45, 7) is 0. The lowest BCUT2D eigenvalue weighted by Gasteiger charge is -2.02. The third-order valence-corrected chi connectivity index (χ3v) is 3.31. The number of fused-ring (bicyclic) bond motifs is 3. The van der Waals surface area contributed by atoms with Crippen LogP contribution < -0.4 is 0 Å². The number of nitrogens with zero attached hydrogens (tertiary/aromatic N) is 1. The van der Waals surface area contributed by atoms with E-state index in [9.17, 15) is 0 Å². The highest BCUT2D eigenvalue weighted by atomic mass is 16.3. The molecule has 0 saturated carbocycles. The van der Waals surface area contributed by atoms with Crippen molar-refractivity contribution < 1.29 is 4.42 Å². The van der Waals surface area contributed by atoms with E-state index in [1.807, 2.05) is 42.6 Å². The SMILES string of the molecule is [c]1ccc2c(c1)oc1cccc(-c3cccnc3)c12. The lowest BCUT2D eigenvalue weighted by Crippen LogP contribution is -1.80. The van der Waals surface area contributed by atoms with E-state index in [0.717, 1.165) is 33.1 Å². The van der Waals surface area contributed by atoms with Crippen LogP contribution >= 0.6 is 0 Å². The number of benzene rings is 2. The van der Waals surface area contributed by atoms with Gasteiger partial charge < -0.3 is 4.42 Å². The van der Waals surface area contributed by atoms with Gasteiger partial charge in [0.05, 0.1) is 0 Å². The molecule has 2 heterocycles. The molecule has 0 N–H and O–H groups in total. The summed E-state index contributed by atoms with van der Waals surface area (Å²) in [4.78, 5) is 4.20. The zero-order valence-corrected chi connectivity index (χ0v) is 10.1. The normalized spacial score (nSPS) is 11.2. The van der Waals surface area contributed by atoms with Crippen molar-refractivity contribution in [2.75, 3.05) is 0 Å². The van der Waals surface area contributed by atoms with Crippen molar-refractivity contribution in [1.29, 1.82) is 0 Å². The third kappa shape index (κ3) is 1.54. The summed E-state index contributed by atoms with van der Waals surface area (Å²) in [5.41, 5.74) is 4.02. The number of aromatic nitrogens is 1. The van der Waals surface area contributed by atoms with E-state index >= 15 is 0 Å². The molecule has 19 heavy (non-hydrogen) atoms. The Morgan fingerprint density at radius 1 is 1.00 bits per heavy atom. The highest BCUT2D eigenvalue weighted by Gasteiger charge is 2.11. The Hall–Kier alpha value is -2.61. The smallest absolute Gasteiger partial charge is 0.136 e. The van der Waals surface area contributed by atoms with Crippen LogP contribution in [-0.4, -0.2) is 4.98 Å². The van der Waals surface area contributed by atoms with Crippen molar-refractivity contribution >= 4 is 21.9 Å². The molecule has 0 saturated heterocycles. The Morgan fingerprint density at radius 3 is 2.89 bits per heavy atom. The fourth-order valence-electron chi connectivity index (χ4n) is 2.48. The summed E-state index contributed by atoms with van der Waals surface area (Å²) in [5, 5.41) is 2.26. The molecule has 0 unspecified atom stereocenters. The van der Waals surface area contributed by atoms with Crippen molar-refractivity contribution in [3.8, 4) is 11.1 Å². The summed E-state index contributed by atoms with van der Waals surface area (Å²) >= 11 is 0. The molecule has 0 amide bonds. The molecule has 0 spiro atoms. The molecule has 0 aliphatic heterocycles. The van der Waals surface area contributed by atoms with Gasteiger partial charge in [-0.05, 0) is 35.9 Å². The first kappa shape index (κ1) is 10.3. The maximum atomic E-state index is 5.86. The molecule has 2 heteroatoms. The molecule has 2 aromatic heterocycles. The van der Waals surface area contributed by atoms with E-state index < -0.39 is 0 Å². The van der Waals surface area contributed by atoms with Gasteiger partial charge in [-0.15, -0.1) is 0 Å². The zero-order valence-electron chi connectivity index (χ0n) is 10.1. The second kappa shape index (κ2) is 3.95. The topological polar surface area (TPSA) is 26.0 Å². The summed E-state index contributed by atoms with van der Waals surface area (Å²) in [7, 11) is 0. The highest BCUT2D eigenvalue weighted by molar-refractivity contribution is 6.12. The average Bonchev–Trinajstić information content (AvgIpc) is 2.86. The van der Waals surface area contributed by atoms with Crippen LogP contribution in [0.4, 0.5) is 0 Å². The molecule has 0 aliphatic carbocycles. The van der Waals surface area contributed by atoms with Crippen LogP contribution in [0.3, 0.4) is 0 Å². The van der Waals surface area contributed by atoms with Crippen LogP contribution in [-0.2, 0) is 0 Å².